The molecular formula is C5H10BrNO3. The number of hydrogen-bond donors (Lipinski definition) is 2. The first kappa shape index (κ1) is 9.71. The van der Waals surface area contributed by atoms with E-state index in [0.29, 0.717) is 11.9 Å². The van der Waals surface area contributed by atoms with E-state index in [1.54, 1.807) is 6.92 Å². The quantitative estimate of drug-likeness (QED) is 0.540. The zero-order chi connectivity index (χ0) is 7.98. The highest BCUT2D eigenvalue weighted by molar-refractivity contribution is 9.09. The minimum absolute atomic E-state index is 0.435. The van der Waals surface area contributed by atoms with E-state index >= 15 is 0 Å². The molecule has 10 heavy (non-hydrogen) atoms. The van der Waals surface area contributed by atoms with E-state index in [4.69, 9.17) is 9.84 Å². The Bertz CT molecular complexity index is 109. The number of alkyl halides is 1. The molecule has 0 radical (unpaired) electrons. The first-order chi connectivity index (χ1) is 4.66. The lowest BCUT2D eigenvalue weighted by Crippen LogP contribution is -2.33. The van der Waals surface area contributed by atoms with Crippen molar-refractivity contribution in [1.29, 1.82) is 0 Å². The third-order valence-corrected chi connectivity index (χ3v) is 1.10. The molecule has 0 aromatic carbocycles. The van der Waals surface area contributed by atoms with Gasteiger partial charge in [0.25, 0.3) is 0 Å². The van der Waals surface area contributed by atoms with Crippen molar-refractivity contribution in [1.82, 2.24) is 5.32 Å². The molecule has 2 N–H and O–H groups in total. The normalized spacial score (nSPS) is 12.6. The van der Waals surface area contributed by atoms with Gasteiger partial charge in [0.05, 0.1) is 6.61 Å². The van der Waals surface area contributed by atoms with Gasteiger partial charge in [0.15, 0.2) is 0 Å². The standard InChI is InChI=1S/C5H10BrNO3/c1-4(7-5(8)9)10-3-2-6/h4,7H,2-3H2,1H3,(H,8,9). The highest BCUT2D eigenvalue weighted by atomic mass is 79.9. The number of ether oxygens (including phenoxy) is 1. The van der Waals surface area contributed by atoms with Crippen molar-refractivity contribution >= 4 is 22.0 Å². The topological polar surface area (TPSA) is 58.6 Å². The van der Waals surface area contributed by atoms with Crippen LogP contribution in [0.2, 0.25) is 0 Å². The third-order valence-electron chi connectivity index (χ3n) is 0.772. The molecule has 1 atom stereocenters. The number of nitrogens with one attached hydrogen (secondary N) is 1. The molecule has 0 aliphatic rings. The predicted octanol–water partition coefficient (Wildman–Crippen LogP) is 1.01. The van der Waals surface area contributed by atoms with Crippen LogP contribution in [0.3, 0.4) is 0 Å². The molecular weight excluding hydrogens is 202 g/mol. The smallest absolute Gasteiger partial charge is 0.406 e. The second-order valence-corrected chi connectivity index (χ2v) is 2.44. The summed E-state index contributed by atoms with van der Waals surface area (Å²) in [5.74, 6) is 0. The van der Waals surface area contributed by atoms with Crippen LogP contribution < -0.4 is 5.32 Å². The highest BCUT2D eigenvalue weighted by Gasteiger charge is 2.02. The molecule has 1 unspecified atom stereocenters. The molecule has 0 saturated carbocycles. The van der Waals surface area contributed by atoms with Gasteiger partial charge in [0, 0.05) is 5.33 Å². The van der Waals surface area contributed by atoms with Crippen molar-refractivity contribution in [3.63, 3.8) is 0 Å². The van der Waals surface area contributed by atoms with Crippen molar-refractivity contribution in [2.45, 2.75) is 13.2 Å². The zero-order valence-electron chi connectivity index (χ0n) is 5.63. The lowest BCUT2D eigenvalue weighted by Gasteiger charge is -2.10. The Morgan fingerprint density at radius 2 is 2.50 bits per heavy atom. The molecule has 0 aliphatic heterocycles. The van der Waals surface area contributed by atoms with Gasteiger partial charge in [0.2, 0.25) is 0 Å². The van der Waals surface area contributed by atoms with Crippen LogP contribution in [0.25, 0.3) is 0 Å². The second kappa shape index (κ2) is 5.49. The van der Waals surface area contributed by atoms with Crippen LogP contribution in [0.5, 0.6) is 0 Å². The number of hydrogen-bond acceptors (Lipinski definition) is 2. The summed E-state index contributed by atoms with van der Waals surface area (Å²) < 4.78 is 4.96. The number of carboxylic acid groups (broad SMARTS) is 1. The van der Waals surface area contributed by atoms with E-state index in [0.717, 1.165) is 0 Å². The number of carbonyl (C=O) groups is 1. The summed E-state index contributed by atoms with van der Waals surface area (Å²) >= 11 is 3.14. The molecule has 5 heteroatoms. The highest BCUT2D eigenvalue weighted by Crippen LogP contribution is 1.87. The molecule has 60 valence electrons. The molecule has 0 heterocycles. The Balaban J connectivity index is 3.25. The minimum Gasteiger partial charge on any atom is -0.465 e. The summed E-state index contributed by atoms with van der Waals surface area (Å²) in [6.07, 6.45) is -1.50. The van der Waals surface area contributed by atoms with Crippen LogP contribution in [0, 0.1) is 0 Å². The molecule has 1 amide bonds. The van der Waals surface area contributed by atoms with Gasteiger partial charge in [-0.3, -0.25) is 5.32 Å². The van der Waals surface area contributed by atoms with Crippen LogP contribution in [-0.2, 0) is 4.74 Å². The fraction of sp³-hybridized carbons (Fsp3) is 0.800. The summed E-state index contributed by atoms with van der Waals surface area (Å²) in [4.78, 5) is 9.97. The number of halogens is 1. The Hall–Kier alpha value is -0.290. The maximum Gasteiger partial charge on any atom is 0.406 e. The van der Waals surface area contributed by atoms with Gasteiger partial charge in [-0.1, -0.05) is 15.9 Å². The van der Waals surface area contributed by atoms with Gasteiger partial charge >= 0.3 is 6.09 Å². The molecule has 0 bridgehead atoms. The van der Waals surface area contributed by atoms with Crippen LogP contribution in [0.1, 0.15) is 6.92 Å². The van der Waals surface area contributed by atoms with Gasteiger partial charge in [-0.15, -0.1) is 0 Å². The maximum absolute atomic E-state index is 9.97. The molecule has 0 aromatic heterocycles. The van der Waals surface area contributed by atoms with Crippen LogP contribution >= 0.6 is 15.9 Å². The summed E-state index contributed by atoms with van der Waals surface area (Å²) in [5.41, 5.74) is 0. The third kappa shape index (κ3) is 5.84. The van der Waals surface area contributed by atoms with Crippen molar-refractivity contribution in [3.8, 4) is 0 Å². The molecule has 0 spiro atoms. The molecule has 0 aliphatic carbocycles. The molecule has 4 nitrogen and oxygen atoms in total. The first-order valence-corrected chi connectivity index (χ1v) is 3.96. The lowest BCUT2D eigenvalue weighted by molar-refractivity contribution is 0.0542. The van der Waals surface area contributed by atoms with Gasteiger partial charge in [-0.05, 0) is 6.92 Å². The van der Waals surface area contributed by atoms with Crippen molar-refractivity contribution in [2.75, 3.05) is 11.9 Å². The first-order valence-electron chi connectivity index (χ1n) is 2.84. The molecule has 0 saturated heterocycles. The number of amides is 1. The van der Waals surface area contributed by atoms with Gasteiger partial charge in [-0.2, -0.15) is 0 Å². The van der Waals surface area contributed by atoms with Crippen molar-refractivity contribution in [2.24, 2.45) is 0 Å². The van der Waals surface area contributed by atoms with E-state index in [9.17, 15) is 4.79 Å². The average molecular weight is 212 g/mol. The largest absolute Gasteiger partial charge is 0.465 e. The molecule has 0 rings (SSSR count). The second-order valence-electron chi connectivity index (χ2n) is 1.65. The summed E-state index contributed by atoms with van der Waals surface area (Å²) in [5, 5.41) is 11.0. The van der Waals surface area contributed by atoms with Crippen LogP contribution in [0.4, 0.5) is 4.79 Å². The molecule has 0 fully saturated rings. The van der Waals surface area contributed by atoms with Crippen molar-refractivity contribution < 1.29 is 14.6 Å². The number of rotatable bonds is 4. The maximum atomic E-state index is 9.97. The predicted molar refractivity (Wildman–Crippen MR) is 40.4 cm³/mol. The zero-order valence-corrected chi connectivity index (χ0v) is 7.22. The molecule has 0 aromatic rings. The Morgan fingerprint density at radius 3 is 2.90 bits per heavy atom. The summed E-state index contributed by atoms with van der Waals surface area (Å²) in [7, 11) is 0. The van der Waals surface area contributed by atoms with E-state index in [2.05, 4.69) is 21.2 Å². The van der Waals surface area contributed by atoms with Crippen LogP contribution in [-0.4, -0.2) is 29.4 Å². The van der Waals surface area contributed by atoms with Crippen LogP contribution in [0.15, 0.2) is 0 Å². The Kier molecular flexibility index (Phi) is 5.33. The van der Waals surface area contributed by atoms with E-state index < -0.39 is 12.3 Å². The monoisotopic (exact) mass is 211 g/mol. The fourth-order valence-corrected chi connectivity index (χ4v) is 0.624. The average Bonchev–Trinajstić information content (AvgIpc) is 1.82. The van der Waals surface area contributed by atoms with Crippen molar-refractivity contribution in [3.05, 3.63) is 0 Å². The van der Waals surface area contributed by atoms with Gasteiger partial charge in [0.1, 0.15) is 6.23 Å². The van der Waals surface area contributed by atoms with E-state index in [1.807, 2.05) is 0 Å². The van der Waals surface area contributed by atoms with Gasteiger partial charge < -0.3 is 9.84 Å². The SMILES string of the molecule is CC(NC(=O)O)OCCBr. The Morgan fingerprint density at radius 1 is 1.90 bits per heavy atom. The Labute approximate surface area is 67.7 Å². The minimum atomic E-state index is -1.07. The lowest BCUT2D eigenvalue weighted by atomic mass is 10.6. The van der Waals surface area contributed by atoms with Gasteiger partial charge in [-0.25, -0.2) is 4.79 Å². The summed E-state index contributed by atoms with van der Waals surface area (Å²) in [6, 6.07) is 0. The van der Waals surface area contributed by atoms with E-state index in [1.165, 1.54) is 0 Å². The van der Waals surface area contributed by atoms with E-state index in [-0.39, 0.29) is 0 Å². The fourth-order valence-electron chi connectivity index (χ4n) is 0.437. The summed E-state index contributed by atoms with van der Waals surface area (Å²) in [6.45, 7) is 2.14.